The van der Waals surface area contributed by atoms with Gasteiger partial charge in [-0.25, -0.2) is 8.78 Å². The van der Waals surface area contributed by atoms with Gasteiger partial charge in [-0.15, -0.1) is 0 Å². The molecule has 33 heavy (non-hydrogen) atoms. The van der Waals surface area contributed by atoms with Crippen molar-refractivity contribution in [1.29, 1.82) is 0 Å². The number of benzene rings is 2. The van der Waals surface area contributed by atoms with Crippen LogP contribution in [0.15, 0.2) is 30.3 Å². The van der Waals surface area contributed by atoms with Crippen molar-refractivity contribution in [2.24, 2.45) is 0 Å². The first kappa shape index (κ1) is 24.2. The molecule has 0 fully saturated rings. The van der Waals surface area contributed by atoms with Gasteiger partial charge >= 0.3 is 5.97 Å². The van der Waals surface area contributed by atoms with Gasteiger partial charge in [-0.05, 0) is 50.1 Å². The fourth-order valence-electron chi connectivity index (χ4n) is 3.74. The van der Waals surface area contributed by atoms with Crippen molar-refractivity contribution < 1.29 is 33.4 Å². The second-order valence-electron chi connectivity index (χ2n) is 7.69. The Labute approximate surface area is 192 Å². The van der Waals surface area contributed by atoms with Gasteiger partial charge in [0.2, 0.25) is 5.91 Å². The van der Waals surface area contributed by atoms with Crippen LogP contribution >= 0.6 is 11.6 Å². The minimum Gasteiger partial charge on any atom is -0.503 e. The smallest absolute Gasteiger partial charge is 0.305 e. The topological polar surface area (TPSA) is 109 Å². The average Bonchev–Trinajstić information content (AvgIpc) is 3.01. The van der Waals surface area contributed by atoms with E-state index < -0.39 is 41.2 Å². The van der Waals surface area contributed by atoms with Gasteiger partial charge in [0.1, 0.15) is 0 Å². The average molecular weight is 479 g/mol. The second kappa shape index (κ2) is 9.58. The molecule has 2 aromatic carbocycles. The van der Waals surface area contributed by atoms with Crippen LogP contribution in [0, 0.1) is 18.6 Å². The highest BCUT2D eigenvalue weighted by Crippen LogP contribution is 2.35. The molecule has 0 radical (unpaired) electrons. The monoisotopic (exact) mass is 478 g/mol. The predicted molar refractivity (Wildman–Crippen MR) is 118 cm³/mol. The summed E-state index contributed by atoms with van der Waals surface area (Å²) in [5, 5.41) is 21.4. The maximum absolute atomic E-state index is 14.9. The van der Waals surface area contributed by atoms with Crippen LogP contribution in [-0.2, 0) is 16.0 Å². The first-order valence-electron chi connectivity index (χ1n) is 10.0. The molecule has 10 heteroatoms. The molecule has 1 aromatic heterocycles. The third-order valence-electron chi connectivity index (χ3n) is 5.27. The molecule has 3 rings (SSSR count). The molecule has 0 bridgehead atoms. The van der Waals surface area contributed by atoms with Gasteiger partial charge in [0.15, 0.2) is 17.4 Å². The molecule has 3 aromatic rings. The molecule has 0 saturated heterocycles. The molecular formula is C23H21ClF2N2O5. The lowest BCUT2D eigenvalue weighted by Crippen LogP contribution is -2.34. The first-order valence-corrected chi connectivity index (χ1v) is 10.4. The van der Waals surface area contributed by atoms with Gasteiger partial charge in [-0.2, -0.15) is 0 Å². The summed E-state index contributed by atoms with van der Waals surface area (Å²) >= 11 is 5.87. The lowest BCUT2D eigenvalue weighted by molar-refractivity contribution is -0.137. The van der Waals surface area contributed by atoms with Crippen LogP contribution in [0.1, 0.15) is 41.4 Å². The number of amides is 1. The fourth-order valence-corrected chi connectivity index (χ4v) is 3.87. The molecule has 3 N–H and O–H groups in total. The van der Waals surface area contributed by atoms with Crippen LogP contribution < -0.4 is 5.32 Å². The van der Waals surface area contributed by atoms with Crippen LogP contribution in [-0.4, -0.2) is 38.6 Å². The molecule has 174 valence electrons. The molecule has 0 aliphatic carbocycles. The van der Waals surface area contributed by atoms with Gasteiger partial charge in [-0.1, -0.05) is 11.6 Å². The zero-order valence-electron chi connectivity index (χ0n) is 17.8. The highest BCUT2D eigenvalue weighted by atomic mass is 35.5. The number of phenolic OH excluding ortho intramolecular Hbond substituents is 1. The number of hydrogen-bond acceptors (Lipinski definition) is 4. The molecule has 1 atom stereocenters. The Kier molecular flexibility index (Phi) is 7.02. The number of nitrogens with zero attached hydrogens (tertiary/aromatic N) is 1. The fraction of sp³-hybridized carbons (Fsp3) is 0.261. The third kappa shape index (κ3) is 4.98. The summed E-state index contributed by atoms with van der Waals surface area (Å²) in [5.74, 6) is -5.74. The van der Waals surface area contributed by atoms with E-state index in [2.05, 4.69) is 5.32 Å². The number of aromatic nitrogens is 1. The maximum atomic E-state index is 14.9. The standard InChI is InChI=1S/C23H21ClF2N2O5/c1-11(9-19(30)31)27-18(29)8-7-15-12(2)28(23(33)13-3-5-14(24)6-4-13)17-10-16(25)22(32)21(26)20(15)17/h3-6,10-11,32H,7-9H2,1-2H3,(H,27,29)(H,30,31)/t11-/m0/s1. The molecule has 7 nitrogen and oxygen atoms in total. The van der Waals surface area contributed by atoms with Crippen LogP contribution in [0.4, 0.5) is 8.78 Å². The van der Waals surface area contributed by atoms with Crippen molar-refractivity contribution >= 4 is 40.3 Å². The van der Waals surface area contributed by atoms with E-state index in [0.717, 1.165) is 10.6 Å². The minimum absolute atomic E-state index is 0.0309. The summed E-state index contributed by atoms with van der Waals surface area (Å²) in [5.41, 5.74) is 0.663. The molecule has 1 amide bonds. The summed E-state index contributed by atoms with van der Waals surface area (Å²) in [7, 11) is 0. The zero-order chi connectivity index (χ0) is 24.4. The Bertz CT molecular complexity index is 1250. The Morgan fingerprint density at radius 1 is 1.18 bits per heavy atom. The van der Waals surface area contributed by atoms with E-state index in [1.54, 1.807) is 0 Å². The first-order chi connectivity index (χ1) is 15.5. The number of carboxylic acid groups (broad SMARTS) is 1. The summed E-state index contributed by atoms with van der Waals surface area (Å²) < 4.78 is 30.2. The number of hydrogen-bond donors (Lipinski definition) is 3. The Morgan fingerprint density at radius 3 is 2.42 bits per heavy atom. The number of fused-ring (bicyclic) bond motifs is 1. The summed E-state index contributed by atoms with van der Waals surface area (Å²) in [6.07, 6.45) is -0.436. The quantitative estimate of drug-likeness (QED) is 0.472. The number of phenols is 1. The molecule has 0 unspecified atom stereocenters. The van der Waals surface area contributed by atoms with Crippen molar-refractivity contribution in [2.45, 2.75) is 39.2 Å². The van der Waals surface area contributed by atoms with Gasteiger partial charge < -0.3 is 15.5 Å². The minimum atomic E-state index is -1.23. The summed E-state index contributed by atoms with van der Waals surface area (Å²) in [6, 6.07) is 6.21. The van der Waals surface area contributed by atoms with Crippen LogP contribution in [0.5, 0.6) is 5.75 Å². The lowest BCUT2D eigenvalue weighted by atomic mass is 10.0. The van der Waals surface area contributed by atoms with E-state index in [0.29, 0.717) is 5.02 Å². The number of halogens is 3. The molecule has 0 aliphatic heterocycles. The molecule has 1 heterocycles. The Hall–Kier alpha value is -3.46. The van der Waals surface area contributed by atoms with E-state index in [1.165, 1.54) is 38.1 Å². The zero-order valence-corrected chi connectivity index (χ0v) is 18.5. The number of carboxylic acids is 1. The Balaban J connectivity index is 2.03. The van der Waals surface area contributed by atoms with Crippen LogP contribution in [0.2, 0.25) is 5.02 Å². The van der Waals surface area contributed by atoms with E-state index in [-0.39, 0.29) is 47.0 Å². The van der Waals surface area contributed by atoms with Gasteiger partial charge in [-0.3, -0.25) is 19.0 Å². The van der Waals surface area contributed by atoms with Crippen molar-refractivity contribution in [2.75, 3.05) is 0 Å². The van der Waals surface area contributed by atoms with Crippen molar-refractivity contribution in [1.82, 2.24) is 9.88 Å². The highest BCUT2D eigenvalue weighted by molar-refractivity contribution is 6.30. The highest BCUT2D eigenvalue weighted by Gasteiger charge is 2.26. The van der Waals surface area contributed by atoms with Crippen molar-refractivity contribution in [3.05, 3.63) is 63.8 Å². The number of rotatable bonds is 7. The van der Waals surface area contributed by atoms with E-state index in [1.807, 2.05) is 0 Å². The van der Waals surface area contributed by atoms with Crippen LogP contribution in [0.3, 0.4) is 0 Å². The lowest BCUT2D eigenvalue weighted by Gasteiger charge is -2.11. The Morgan fingerprint density at radius 2 is 1.82 bits per heavy atom. The van der Waals surface area contributed by atoms with Crippen LogP contribution in [0.25, 0.3) is 10.9 Å². The normalized spacial score (nSPS) is 12.0. The number of aromatic hydroxyl groups is 1. The van der Waals surface area contributed by atoms with E-state index in [9.17, 15) is 28.3 Å². The van der Waals surface area contributed by atoms with E-state index >= 15 is 0 Å². The second-order valence-corrected chi connectivity index (χ2v) is 8.13. The van der Waals surface area contributed by atoms with Crippen molar-refractivity contribution in [3.8, 4) is 5.75 Å². The number of carbonyl (C=O) groups is 3. The third-order valence-corrected chi connectivity index (χ3v) is 5.52. The molecular weight excluding hydrogens is 458 g/mol. The number of nitrogens with one attached hydrogen (secondary N) is 1. The van der Waals surface area contributed by atoms with Gasteiger partial charge in [0, 0.05) is 40.2 Å². The molecule has 0 spiro atoms. The predicted octanol–water partition coefficient (Wildman–Crippen LogP) is 4.19. The van der Waals surface area contributed by atoms with E-state index in [4.69, 9.17) is 16.7 Å². The molecule has 0 aliphatic rings. The largest absolute Gasteiger partial charge is 0.503 e. The van der Waals surface area contributed by atoms with Gasteiger partial charge in [0.05, 0.1) is 11.9 Å². The number of carbonyl (C=O) groups excluding carboxylic acids is 2. The van der Waals surface area contributed by atoms with Gasteiger partial charge in [0.25, 0.3) is 5.91 Å². The molecule has 0 saturated carbocycles. The maximum Gasteiger partial charge on any atom is 0.305 e. The summed E-state index contributed by atoms with van der Waals surface area (Å²) in [6.45, 7) is 3.07. The number of aryl methyl sites for hydroxylation is 1. The summed E-state index contributed by atoms with van der Waals surface area (Å²) in [4.78, 5) is 36.2. The van der Waals surface area contributed by atoms with Crippen molar-refractivity contribution in [3.63, 3.8) is 0 Å². The SMILES string of the molecule is Cc1c(CCC(=O)N[C@@H](C)CC(=O)O)c2c(F)c(O)c(F)cc2n1C(=O)c1ccc(Cl)cc1. The number of aliphatic carboxylic acids is 1.